The first-order chi connectivity index (χ1) is 11.6. The first kappa shape index (κ1) is 17.2. The molecule has 2 heterocycles. The van der Waals surface area contributed by atoms with Gasteiger partial charge in [0.15, 0.2) is 0 Å². The smallest absolute Gasteiger partial charge is 0.336 e. The fraction of sp³-hybridized carbons (Fsp3) is 0.550. The van der Waals surface area contributed by atoms with Crippen molar-refractivity contribution in [2.75, 3.05) is 13.2 Å². The minimum atomic E-state index is -0.287. The van der Waals surface area contributed by atoms with Gasteiger partial charge >= 0.3 is 5.63 Å². The number of hydrogen-bond acceptors (Lipinski definition) is 4. The van der Waals surface area contributed by atoms with Crippen LogP contribution in [0.25, 0.3) is 11.0 Å². The fourth-order valence-electron chi connectivity index (χ4n) is 3.70. The van der Waals surface area contributed by atoms with Crippen LogP contribution in [0.1, 0.15) is 56.6 Å². The average molecular weight is 329 g/mol. The van der Waals surface area contributed by atoms with Crippen molar-refractivity contribution < 1.29 is 9.52 Å². The Kier molecular flexibility index (Phi) is 5.36. The van der Waals surface area contributed by atoms with E-state index in [9.17, 15) is 9.90 Å². The van der Waals surface area contributed by atoms with Crippen LogP contribution in [-0.4, -0.2) is 29.2 Å². The second kappa shape index (κ2) is 7.49. The molecule has 3 rings (SSSR count). The van der Waals surface area contributed by atoms with Crippen molar-refractivity contribution in [3.8, 4) is 0 Å². The Morgan fingerprint density at radius 1 is 1.29 bits per heavy atom. The van der Waals surface area contributed by atoms with E-state index in [1.165, 1.54) is 18.4 Å². The maximum atomic E-state index is 11.9. The minimum Gasteiger partial charge on any atom is -0.423 e. The maximum Gasteiger partial charge on any atom is 0.336 e. The van der Waals surface area contributed by atoms with Gasteiger partial charge in [0, 0.05) is 30.6 Å². The first-order valence-corrected chi connectivity index (χ1v) is 9.00. The van der Waals surface area contributed by atoms with Crippen molar-refractivity contribution in [3.05, 3.63) is 45.8 Å². The van der Waals surface area contributed by atoms with Gasteiger partial charge in [-0.15, -0.1) is 0 Å². The van der Waals surface area contributed by atoms with Gasteiger partial charge in [0.05, 0.1) is 0 Å². The highest BCUT2D eigenvalue weighted by molar-refractivity contribution is 5.81. The molecule has 130 valence electrons. The van der Waals surface area contributed by atoms with Crippen molar-refractivity contribution in [2.45, 2.75) is 58.0 Å². The fourth-order valence-corrected chi connectivity index (χ4v) is 3.70. The zero-order valence-electron chi connectivity index (χ0n) is 14.6. The number of rotatable bonds is 5. The molecule has 0 aliphatic carbocycles. The average Bonchev–Trinajstić information content (AvgIpc) is 2.56. The predicted octanol–water partition coefficient (Wildman–Crippen LogP) is 3.65. The number of aliphatic hydroxyl groups is 1. The third-order valence-electron chi connectivity index (χ3n) is 5.10. The largest absolute Gasteiger partial charge is 0.423 e. The predicted molar refractivity (Wildman–Crippen MR) is 96.3 cm³/mol. The lowest BCUT2D eigenvalue weighted by atomic mass is 9.97. The molecule has 1 unspecified atom stereocenters. The van der Waals surface area contributed by atoms with Gasteiger partial charge in [-0.25, -0.2) is 4.79 Å². The summed E-state index contributed by atoms with van der Waals surface area (Å²) >= 11 is 0. The normalized spacial score (nSPS) is 19.2. The number of hydrogen-bond donors (Lipinski definition) is 1. The zero-order chi connectivity index (χ0) is 17.1. The van der Waals surface area contributed by atoms with Crippen LogP contribution >= 0.6 is 0 Å². The highest BCUT2D eigenvalue weighted by atomic mass is 16.4. The van der Waals surface area contributed by atoms with E-state index in [1.54, 1.807) is 6.07 Å². The maximum absolute atomic E-state index is 11.9. The molecule has 0 saturated carbocycles. The molecule has 1 aromatic heterocycles. The van der Waals surface area contributed by atoms with Crippen LogP contribution in [-0.2, 0) is 6.54 Å². The number of piperidine rings is 1. The Hall–Kier alpha value is -1.65. The van der Waals surface area contributed by atoms with Gasteiger partial charge in [-0.2, -0.15) is 0 Å². The van der Waals surface area contributed by atoms with E-state index in [0.717, 1.165) is 36.9 Å². The van der Waals surface area contributed by atoms with E-state index >= 15 is 0 Å². The second-order valence-electron chi connectivity index (χ2n) is 7.13. The molecule has 1 aliphatic rings. The van der Waals surface area contributed by atoms with Crippen LogP contribution < -0.4 is 5.63 Å². The van der Waals surface area contributed by atoms with Gasteiger partial charge in [-0.05, 0) is 55.0 Å². The van der Waals surface area contributed by atoms with E-state index in [2.05, 4.69) is 24.8 Å². The van der Waals surface area contributed by atoms with Crippen molar-refractivity contribution in [1.29, 1.82) is 0 Å². The molecule has 1 saturated heterocycles. The number of nitrogens with zero attached hydrogens (tertiary/aromatic N) is 1. The molecule has 1 aliphatic heterocycles. The van der Waals surface area contributed by atoms with Gasteiger partial charge < -0.3 is 9.52 Å². The Morgan fingerprint density at radius 2 is 2.12 bits per heavy atom. The van der Waals surface area contributed by atoms with Gasteiger partial charge in [0.25, 0.3) is 0 Å². The Labute approximate surface area is 143 Å². The molecule has 1 atom stereocenters. The lowest BCUT2D eigenvalue weighted by Crippen LogP contribution is -2.39. The quantitative estimate of drug-likeness (QED) is 0.851. The standard InChI is InChI=1S/C20H27NO3/c1-14(2)15-6-7-19-18(11-15)16(12-20(23)24-19)13-21-9-4-3-5-17(21)8-10-22/h6-7,11-12,14,17,22H,3-5,8-10,13H2,1-2H3. The van der Waals surface area contributed by atoms with Crippen LogP contribution in [0, 0.1) is 0 Å². The Morgan fingerprint density at radius 3 is 2.88 bits per heavy atom. The summed E-state index contributed by atoms with van der Waals surface area (Å²) < 4.78 is 5.39. The molecular formula is C20H27NO3. The molecule has 0 bridgehead atoms. The number of likely N-dealkylation sites (tertiary alicyclic amines) is 1. The van der Waals surface area contributed by atoms with E-state index < -0.39 is 0 Å². The molecule has 0 amide bonds. The van der Waals surface area contributed by atoms with E-state index in [0.29, 0.717) is 17.5 Å². The number of benzene rings is 1. The number of aliphatic hydroxyl groups excluding tert-OH is 1. The van der Waals surface area contributed by atoms with Crippen LogP contribution in [0.5, 0.6) is 0 Å². The van der Waals surface area contributed by atoms with E-state index in [-0.39, 0.29) is 12.2 Å². The summed E-state index contributed by atoms with van der Waals surface area (Å²) in [5.74, 6) is 0.436. The van der Waals surface area contributed by atoms with Crippen LogP contribution in [0.3, 0.4) is 0 Å². The molecule has 4 heteroatoms. The third kappa shape index (κ3) is 3.70. The number of fused-ring (bicyclic) bond motifs is 1. The lowest BCUT2D eigenvalue weighted by Gasteiger charge is -2.35. The molecule has 0 spiro atoms. The summed E-state index contributed by atoms with van der Waals surface area (Å²) in [6.07, 6.45) is 4.32. The van der Waals surface area contributed by atoms with Crippen molar-refractivity contribution in [3.63, 3.8) is 0 Å². The van der Waals surface area contributed by atoms with Gasteiger partial charge in [-0.3, -0.25) is 4.90 Å². The highest BCUT2D eigenvalue weighted by Gasteiger charge is 2.23. The molecule has 1 aromatic carbocycles. The minimum absolute atomic E-state index is 0.219. The summed E-state index contributed by atoms with van der Waals surface area (Å²) in [5.41, 5.74) is 2.67. The summed E-state index contributed by atoms with van der Waals surface area (Å²) in [6.45, 7) is 6.32. The Balaban J connectivity index is 1.97. The molecule has 24 heavy (non-hydrogen) atoms. The van der Waals surface area contributed by atoms with Crippen LogP contribution in [0.2, 0.25) is 0 Å². The molecular weight excluding hydrogens is 302 g/mol. The highest BCUT2D eigenvalue weighted by Crippen LogP contribution is 2.27. The molecule has 1 N–H and O–H groups in total. The summed E-state index contributed by atoms with van der Waals surface area (Å²) in [7, 11) is 0. The van der Waals surface area contributed by atoms with E-state index in [4.69, 9.17) is 4.42 Å². The third-order valence-corrected chi connectivity index (χ3v) is 5.10. The SMILES string of the molecule is CC(C)c1ccc2oc(=O)cc(CN3CCCCC3CCO)c2c1. The van der Waals surface area contributed by atoms with Gasteiger partial charge in [0.2, 0.25) is 0 Å². The topological polar surface area (TPSA) is 53.7 Å². The molecule has 1 fully saturated rings. The van der Waals surface area contributed by atoms with Gasteiger partial charge in [-0.1, -0.05) is 26.3 Å². The van der Waals surface area contributed by atoms with Crippen molar-refractivity contribution in [2.24, 2.45) is 0 Å². The van der Waals surface area contributed by atoms with Crippen molar-refractivity contribution in [1.82, 2.24) is 4.90 Å². The molecule has 2 aromatic rings. The van der Waals surface area contributed by atoms with E-state index in [1.807, 2.05) is 12.1 Å². The second-order valence-corrected chi connectivity index (χ2v) is 7.13. The summed E-state index contributed by atoms with van der Waals surface area (Å²) in [6, 6.07) is 8.14. The van der Waals surface area contributed by atoms with Crippen LogP contribution in [0.4, 0.5) is 0 Å². The first-order valence-electron chi connectivity index (χ1n) is 9.00. The van der Waals surface area contributed by atoms with Crippen LogP contribution in [0.15, 0.2) is 33.5 Å². The monoisotopic (exact) mass is 329 g/mol. The summed E-state index contributed by atoms with van der Waals surface area (Å²) in [5, 5.41) is 10.4. The molecule has 0 radical (unpaired) electrons. The lowest BCUT2D eigenvalue weighted by molar-refractivity contribution is 0.113. The zero-order valence-corrected chi connectivity index (χ0v) is 14.6. The summed E-state index contributed by atoms with van der Waals surface area (Å²) in [4.78, 5) is 14.4. The molecule has 4 nitrogen and oxygen atoms in total. The van der Waals surface area contributed by atoms with Crippen molar-refractivity contribution >= 4 is 11.0 Å². The van der Waals surface area contributed by atoms with Gasteiger partial charge in [0.1, 0.15) is 5.58 Å². The Bertz CT molecular complexity index is 748.